The molecule has 0 spiro atoms. The van der Waals surface area contributed by atoms with Crippen molar-refractivity contribution in [3.63, 3.8) is 0 Å². The normalized spacial score (nSPS) is 16.4. The highest BCUT2D eigenvalue weighted by atomic mass is 16.2. The van der Waals surface area contributed by atoms with Crippen LogP contribution >= 0.6 is 0 Å². The highest BCUT2D eigenvalue weighted by Gasteiger charge is 2.14. The summed E-state index contributed by atoms with van der Waals surface area (Å²) in [5.41, 5.74) is 8.60. The van der Waals surface area contributed by atoms with E-state index in [4.69, 9.17) is 5.73 Å². The van der Waals surface area contributed by atoms with Crippen molar-refractivity contribution in [1.82, 2.24) is 4.90 Å². The number of rotatable bonds is 2. The number of amides is 1. The maximum Gasteiger partial charge on any atom is 0.253 e. The summed E-state index contributed by atoms with van der Waals surface area (Å²) >= 11 is 0. The minimum atomic E-state index is -0.00378. The van der Waals surface area contributed by atoms with Gasteiger partial charge in [0.25, 0.3) is 5.91 Å². The van der Waals surface area contributed by atoms with E-state index in [1.807, 2.05) is 12.1 Å². The van der Waals surface area contributed by atoms with Crippen LogP contribution < -0.4 is 10.6 Å². The summed E-state index contributed by atoms with van der Waals surface area (Å²) in [7, 11) is 3.51. The second-order valence-electron chi connectivity index (χ2n) is 5.73. The van der Waals surface area contributed by atoms with Crippen LogP contribution in [0.15, 0.2) is 18.2 Å². The number of carbonyl (C=O) groups excluding carboxylic acids is 1. The Morgan fingerprint density at radius 3 is 2.25 bits per heavy atom. The lowest BCUT2D eigenvalue weighted by molar-refractivity contribution is 0.0827. The molecule has 110 valence electrons. The van der Waals surface area contributed by atoms with Crippen molar-refractivity contribution in [2.24, 2.45) is 0 Å². The van der Waals surface area contributed by atoms with Crippen LogP contribution in [0.4, 0.5) is 11.4 Å². The SMILES string of the molecule is CN(C)C(=O)c1ccc(N2CCCCCCC2)c(N)c1. The van der Waals surface area contributed by atoms with E-state index >= 15 is 0 Å². The van der Waals surface area contributed by atoms with Crippen LogP contribution in [0, 0.1) is 0 Å². The van der Waals surface area contributed by atoms with Crippen LogP contribution in [0.3, 0.4) is 0 Å². The molecule has 1 aromatic rings. The number of nitrogens with zero attached hydrogens (tertiary/aromatic N) is 2. The zero-order chi connectivity index (χ0) is 14.5. The molecule has 0 aliphatic carbocycles. The monoisotopic (exact) mass is 275 g/mol. The molecule has 2 rings (SSSR count). The molecule has 4 nitrogen and oxygen atoms in total. The van der Waals surface area contributed by atoms with Gasteiger partial charge in [0.2, 0.25) is 0 Å². The van der Waals surface area contributed by atoms with E-state index in [1.54, 1.807) is 25.1 Å². The first kappa shape index (κ1) is 14.7. The molecule has 1 fully saturated rings. The van der Waals surface area contributed by atoms with E-state index in [2.05, 4.69) is 4.90 Å². The maximum atomic E-state index is 11.9. The van der Waals surface area contributed by atoms with Gasteiger partial charge in [-0.3, -0.25) is 4.79 Å². The fourth-order valence-electron chi connectivity index (χ4n) is 2.72. The van der Waals surface area contributed by atoms with Crippen molar-refractivity contribution in [2.45, 2.75) is 32.1 Å². The van der Waals surface area contributed by atoms with E-state index < -0.39 is 0 Å². The van der Waals surface area contributed by atoms with Gasteiger partial charge >= 0.3 is 0 Å². The second-order valence-corrected chi connectivity index (χ2v) is 5.73. The Hall–Kier alpha value is -1.71. The molecular formula is C16H25N3O. The van der Waals surface area contributed by atoms with Gasteiger partial charge in [0.1, 0.15) is 0 Å². The number of carbonyl (C=O) groups is 1. The van der Waals surface area contributed by atoms with Crippen LogP contribution in [0.2, 0.25) is 0 Å². The van der Waals surface area contributed by atoms with Gasteiger partial charge in [0, 0.05) is 32.7 Å². The van der Waals surface area contributed by atoms with E-state index in [9.17, 15) is 4.79 Å². The van der Waals surface area contributed by atoms with Crippen molar-refractivity contribution >= 4 is 17.3 Å². The number of benzene rings is 1. The van der Waals surface area contributed by atoms with Gasteiger partial charge in [-0.1, -0.05) is 19.3 Å². The summed E-state index contributed by atoms with van der Waals surface area (Å²) in [6.45, 7) is 2.12. The first-order valence-electron chi connectivity index (χ1n) is 7.45. The van der Waals surface area contributed by atoms with Crippen molar-refractivity contribution in [1.29, 1.82) is 0 Å². The average molecular weight is 275 g/mol. The molecule has 0 aromatic heterocycles. The van der Waals surface area contributed by atoms with E-state index in [1.165, 1.54) is 32.1 Å². The molecule has 1 aliphatic rings. The van der Waals surface area contributed by atoms with Gasteiger partial charge in [-0.25, -0.2) is 0 Å². The van der Waals surface area contributed by atoms with E-state index in [0.29, 0.717) is 11.3 Å². The van der Waals surface area contributed by atoms with Gasteiger partial charge in [0.05, 0.1) is 11.4 Å². The first-order valence-corrected chi connectivity index (χ1v) is 7.45. The van der Waals surface area contributed by atoms with Crippen LogP contribution in [0.1, 0.15) is 42.5 Å². The fourth-order valence-corrected chi connectivity index (χ4v) is 2.72. The fraction of sp³-hybridized carbons (Fsp3) is 0.562. The molecule has 1 aromatic carbocycles. The summed E-state index contributed by atoms with van der Waals surface area (Å²) in [4.78, 5) is 15.9. The molecule has 20 heavy (non-hydrogen) atoms. The Balaban J connectivity index is 2.17. The Morgan fingerprint density at radius 2 is 1.70 bits per heavy atom. The number of hydrogen-bond acceptors (Lipinski definition) is 3. The van der Waals surface area contributed by atoms with Crippen LogP contribution in [-0.4, -0.2) is 38.0 Å². The van der Waals surface area contributed by atoms with Crippen LogP contribution in [0.25, 0.3) is 0 Å². The lowest BCUT2D eigenvalue weighted by Crippen LogP contribution is -2.28. The zero-order valence-electron chi connectivity index (χ0n) is 12.6. The van der Waals surface area contributed by atoms with Crippen molar-refractivity contribution in [3.05, 3.63) is 23.8 Å². The predicted octanol–water partition coefficient (Wildman–Crippen LogP) is 2.74. The Kier molecular flexibility index (Phi) is 4.88. The molecule has 1 saturated heterocycles. The lowest BCUT2D eigenvalue weighted by atomic mass is 10.1. The largest absolute Gasteiger partial charge is 0.397 e. The smallest absolute Gasteiger partial charge is 0.253 e. The third-order valence-corrected chi connectivity index (χ3v) is 3.88. The van der Waals surface area contributed by atoms with Crippen LogP contribution in [0.5, 0.6) is 0 Å². The molecule has 1 heterocycles. The Labute approximate surface area is 121 Å². The Bertz CT molecular complexity index is 463. The predicted molar refractivity (Wildman–Crippen MR) is 84.2 cm³/mol. The summed E-state index contributed by atoms with van der Waals surface area (Å²) in [6.07, 6.45) is 6.39. The van der Waals surface area contributed by atoms with Crippen molar-refractivity contribution in [2.75, 3.05) is 37.8 Å². The molecule has 1 aliphatic heterocycles. The first-order chi connectivity index (χ1) is 9.59. The third-order valence-electron chi connectivity index (χ3n) is 3.88. The number of anilines is 2. The number of hydrogen-bond donors (Lipinski definition) is 1. The summed E-state index contributed by atoms with van der Waals surface area (Å²) in [5.74, 6) is -0.00378. The van der Waals surface area contributed by atoms with E-state index in [-0.39, 0.29) is 5.91 Å². The highest BCUT2D eigenvalue weighted by molar-refractivity contribution is 5.95. The van der Waals surface area contributed by atoms with Gasteiger partial charge in [0.15, 0.2) is 0 Å². The zero-order valence-corrected chi connectivity index (χ0v) is 12.6. The second kappa shape index (κ2) is 6.64. The minimum absolute atomic E-state index is 0.00378. The third kappa shape index (κ3) is 3.44. The molecule has 0 atom stereocenters. The lowest BCUT2D eigenvalue weighted by Gasteiger charge is -2.28. The van der Waals surface area contributed by atoms with Gasteiger partial charge in [-0.2, -0.15) is 0 Å². The molecular weight excluding hydrogens is 250 g/mol. The van der Waals surface area contributed by atoms with Gasteiger partial charge in [-0.05, 0) is 31.0 Å². The Morgan fingerprint density at radius 1 is 1.10 bits per heavy atom. The average Bonchev–Trinajstić information content (AvgIpc) is 2.38. The van der Waals surface area contributed by atoms with Gasteiger partial charge < -0.3 is 15.5 Å². The molecule has 0 saturated carbocycles. The number of nitrogens with two attached hydrogens (primary N) is 1. The topological polar surface area (TPSA) is 49.6 Å². The summed E-state index contributed by atoms with van der Waals surface area (Å²) in [6, 6.07) is 5.68. The standard InChI is InChI=1S/C16H25N3O/c1-18(2)16(20)13-8-9-15(14(17)12-13)19-10-6-4-3-5-7-11-19/h8-9,12H,3-7,10-11,17H2,1-2H3. The van der Waals surface area contributed by atoms with Crippen molar-refractivity contribution in [3.8, 4) is 0 Å². The molecule has 2 N–H and O–H groups in total. The molecule has 1 amide bonds. The van der Waals surface area contributed by atoms with E-state index in [0.717, 1.165) is 18.8 Å². The molecule has 0 radical (unpaired) electrons. The minimum Gasteiger partial charge on any atom is -0.397 e. The van der Waals surface area contributed by atoms with Crippen LogP contribution in [-0.2, 0) is 0 Å². The summed E-state index contributed by atoms with van der Waals surface area (Å²) < 4.78 is 0. The maximum absolute atomic E-state index is 11.9. The molecule has 0 bridgehead atoms. The number of nitrogen functional groups attached to an aromatic ring is 1. The summed E-state index contributed by atoms with van der Waals surface area (Å²) in [5, 5.41) is 0. The van der Waals surface area contributed by atoms with Crippen molar-refractivity contribution < 1.29 is 4.79 Å². The quantitative estimate of drug-likeness (QED) is 0.844. The molecule has 4 heteroatoms. The molecule has 0 unspecified atom stereocenters. The highest BCUT2D eigenvalue weighted by Crippen LogP contribution is 2.27. The van der Waals surface area contributed by atoms with Gasteiger partial charge in [-0.15, -0.1) is 0 Å².